The lowest BCUT2D eigenvalue weighted by Crippen LogP contribution is -2.38. The van der Waals surface area contributed by atoms with E-state index < -0.39 is 5.97 Å². The van der Waals surface area contributed by atoms with E-state index in [1.807, 2.05) is 0 Å². The van der Waals surface area contributed by atoms with Crippen molar-refractivity contribution in [1.82, 2.24) is 4.90 Å². The number of carboxylic acid groups (broad SMARTS) is 1. The largest absolute Gasteiger partial charge is 0.481 e. The fraction of sp³-hybridized carbons (Fsp3) is 0.778. The quantitative estimate of drug-likeness (QED) is 0.686. The van der Waals surface area contributed by atoms with Gasteiger partial charge in [-0.1, -0.05) is 0 Å². The minimum atomic E-state index is -0.828. The first kappa shape index (κ1) is 8.53. The lowest BCUT2D eigenvalue weighted by molar-refractivity contribution is -0.139. The molecule has 1 saturated carbocycles. The Labute approximate surface area is 76.5 Å². The Hall–Kier alpha value is -1.06. The van der Waals surface area contributed by atoms with Crippen molar-refractivity contribution in [3.8, 4) is 0 Å². The van der Waals surface area contributed by atoms with Gasteiger partial charge in [-0.2, -0.15) is 0 Å². The van der Waals surface area contributed by atoms with Crippen LogP contribution in [0.2, 0.25) is 0 Å². The molecule has 1 amide bonds. The van der Waals surface area contributed by atoms with Crippen LogP contribution in [0.25, 0.3) is 0 Å². The highest BCUT2D eigenvalue weighted by Crippen LogP contribution is 2.45. The Morgan fingerprint density at radius 2 is 2.38 bits per heavy atom. The van der Waals surface area contributed by atoms with Crippen molar-refractivity contribution in [1.29, 1.82) is 0 Å². The maximum absolute atomic E-state index is 11.5. The molecule has 0 radical (unpaired) electrons. The summed E-state index contributed by atoms with van der Waals surface area (Å²) in [4.78, 5) is 23.5. The molecule has 2 fully saturated rings. The highest BCUT2D eigenvalue weighted by molar-refractivity contribution is 5.83. The molecule has 4 nitrogen and oxygen atoms in total. The van der Waals surface area contributed by atoms with E-state index in [4.69, 9.17) is 5.11 Å². The van der Waals surface area contributed by atoms with Crippen LogP contribution in [0, 0.1) is 11.8 Å². The van der Waals surface area contributed by atoms with Crippen molar-refractivity contribution < 1.29 is 14.7 Å². The zero-order valence-corrected chi connectivity index (χ0v) is 7.40. The summed E-state index contributed by atoms with van der Waals surface area (Å²) in [7, 11) is 0. The lowest BCUT2D eigenvalue weighted by atomic mass is 10.1. The molecule has 1 aliphatic heterocycles. The van der Waals surface area contributed by atoms with E-state index >= 15 is 0 Å². The summed E-state index contributed by atoms with van der Waals surface area (Å²) in [6.07, 6.45) is 2.17. The van der Waals surface area contributed by atoms with Gasteiger partial charge in [0.2, 0.25) is 5.91 Å². The molecule has 0 spiro atoms. The van der Waals surface area contributed by atoms with Crippen LogP contribution >= 0.6 is 0 Å². The molecule has 0 aromatic heterocycles. The van der Waals surface area contributed by atoms with Gasteiger partial charge in [-0.25, -0.2) is 0 Å². The van der Waals surface area contributed by atoms with Crippen LogP contribution in [-0.4, -0.2) is 35.0 Å². The zero-order chi connectivity index (χ0) is 9.42. The SMILES string of the molecule is O=C(O)CCN1CCC2CC2C1=O. The summed E-state index contributed by atoms with van der Waals surface area (Å²) in [6, 6.07) is 0. The van der Waals surface area contributed by atoms with E-state index in [0.717, 1.165) is 19.4 Å². The van der Waals surface area contributed by atoms with Crippen LogP contribution in [0.5, 0.6) is 0 Å². The van der Waals surface area contributed by atoms with Gasteiger partial charge in [0.1, 0.15) is 0 Å². The Balaban J connectivity index is 1.85. The maximum atomic E-state index is 11.5. The molecule has 13 heavy (non-hydrogen) atoms. The van der Waals surface area contributed by atoms with Crippen LogP contribution in [-0.2, 0) is 9.59 Å². The molecule has 1 aliphatic carbocycles. The number of piperidine rings is 1. The molecule has 72 valence electrons. The third kappa shape index (κ3) is 1.66. The van der Waals surface area contributed by atoms with Gasteiger partial charge in [0.25, 0.3) is 0 Å². The summed E-state index contributed by atoms with van der Waals surface area (Å²) in [6.45, 7) is 1.14. The van der Waals surface area contributed by atoms with Gasteiger partial charge in [-0.15, -0.1) is 0 Å². The molecule has 1 saturated heterocycles. The maximum Gasteiger partial charge on any atom is 0.305 e. The van der Waals surface area contributed by atoms with Crippen LogP contribution in [0.4, 0.5) is 0 Å². The lowest BCUT2D eigenvalue weighted by Gasteiger charge is -2.25. The molecule has 0 bridgehead atoms. The fourth-order valence-corrected chi connectivity index (χ4v) is 1.99. The van der Waals surface area contributed by atoms with Gasteiger partial charge in [-0.05, 0) is 18.8 Å². The monoisotopic (exact) mass is 183 g/mol. The van der Waals surface area contributed by atoms with E-state index in [1.54, 1.807) is 4.90 Å². The summed E-state index contributed by atoms with van der Waals surface area (Å²) >= 11 is 0. The predicted molar refractivity (Wildman–Crippen MR) is 45.0 cm³/mol. The van der Waals surface area contributed by atoms with Gasteiger partial charge < -0.3 is 10.0 Å². The highest BCUT2D eigenvalue weighted by atomic mass is 16.4. The third-order valence-electron chi connectivity index (χ3n) is 2.92. The van der Waals surface area contributed by atoms with E-state index in [0.29, 0.717) is 12.5 Å². The molecule has 2 atom stereocenters. The van der Waals surface area contributed by atoms with Gasteiger partial charge in [0, 0.05) is 19.0 Å². The third-order valence-corrected chi connectivity index (χ3v) is 2.92. The number of likely N-dealkylation sites (tertiary alicyclic amines) is 1. The molecule has 4 heteroatoms. The second kappa shape index (κ2) is 3.01. The van der Waals surface area contributed by atoms with Gasteiger partial charge in [0.15, 0.2) is 0 Å². The topological polar surface area (TPSA) is 57.6 Å². The van der Waals surface area contributed by atoms with Crippen molar-refractivity contribution in [2.45, 2.75) is 19.3 Å². The number of rotatable bonds is 3. The van der Waals surface area contributed by atoms with Crippen LogP contribution < -0.4 is 0 Å². The number of aliphatic carboxylic acids is 1. The average molecular weight is 183 g/mol. The first-order valence-corrected chi connectivity index (χ1v) is 4.69. The Morgan fingerprint density at radius 3 is 3.08 bits per heavy atom. The normalized spacial score (nSPS) is 31.4. The van der Waals surface area contributed by atoms with Crippen LogP contribution in [0.1, 0.15) is 19.3 Å². The van der Waals surface area contributed by atoms with E-state index in [1.165, 1.54) is 0 Å². The second-order valence-electron chi connectivity index (χ2n) is 3.86. The average Bonchev–Trinajstić information content (AvgIpc) is 2.82. The number of carboxylic acids is 1. The van der Waals surface area contributed by atoms with Gasteiger partial charge >= 0.3 is 5.97 Å². The number of amides is 1. The summed E-state index contributed by atoms with van der Waals surface area (Å²) in [5.41, 5.74) is 0. The summed E-state index contributed by atoms with van der Waals surface area (Å²) in [5, 5.41) is 8.47. The molecular weight excluding hydrogens is 170 g/mol. The standard InChI is InChI=1S/C9H13NO3/c11-8(12)2-4-10-3-1-6-5-7(6)9(10)13/h6-7H,1-5H2,(H,11,12). The molecule has 1 heterocycles. The zero-order valence-electron chi connectivity index (χ0n) is 7.40. The first-order chi connectivity index (χ1) is 6.18. The highest BCUT2D eigenvalue weighted by Gasteiger charge is 2.47. The molecular formula is C9H13NO3. The van der Waals surface area contributed by atoms with E-state index in [9.17, 15) is 9.59 Å². The van der Waals surface area contributed by atoms with Crippen molar-refractivity contribution in [2.75, 3.05) is 13.1 Å². The Morgan fingerprint density at radius 1 is 1.62 bits per heavy atom. The molecule has 0 aromatic carbocycles. The van der Waals surface area contributed by atoms with Crippen molar-refractivity contribution in [3.63, 3.8) is 0 Å². The smallest absolute Gasteiger partial charge is 0.305 e. The molecule has 0 aromatic rings. The second-order valence-corrected chi connectivity index (χ2v) is 3.86. The number of carbonyl (C=O) groups excluding carboxylic acids is 1. The number of hydrogen-bond donors (Lipinski definition) is 1. The molecule has 2 rings (SSSR count). The fourth-order valence-electron chi connectivity index (χ4n) is 1.99. The Bertz CT molecular complexity index is 251. The molecule has 1 N–H and O–H groups in total. The summed E-state index contributed by atoms with van der Waals surface area (Å²) in [5.74, 6) is 0.208. The van der Waals surface area contributed by atoms with Crippen molar-refractivity contribution in [2.24, 2.45) is 11.8 Å². The number of hydrogen-bond acceptors (Lipinski definition) is 2. The number of nitrogens with zero attached hydrogens (tertiary/aromatic N) is 1. The minimum Gasteiger partial charge on any atom is -0.481 e. The van der Waals surface area contributed by atoms with Gasteiger partial charge in [-0.3, -0.25) is 9.59 Å². The van der Waals surface area contributed by atoms with Crippen LogP contribution in [0.3, 0.4) is 0 Å². The van der Waals surface area contributed by atoms with Crippen molar-refractivity contribution >= 4 is 11.9 Å². The summed E-state index contributed by atoms with van der Waals surface area (Å²) < 4.78 is 0. The first-order valence-electron chi connectivity index (χ1n) is 4.69. The predicted octanol–water partition coefficient (Wildman–Crippen LogP) is 0.329. The molecule has 2 aliphatic rings. The van der Waals surface area contributed by atoms with E-state index in [-0.39, 0.29) is 18.2 Å². The Kier molecular flexibility index (Phi) is 1.98. The number of carbonyl (C=O) groups is 2. The van der Waals surface area contributed by atoms with E-state index in [2.05, 4.69) is 0 Å². The van der Waals surface area contributed by atoms with Gasteiger partial charge in [0.05, 0.1) is 6.42 Å². The van der Waals surface area contributed by atoms with Crippen molar-refractivity contribution in [3.05, 3.63) is 0 Å². The number of fused-ring (bicyclic) bond motifs is 1. The molecule has 2 unspecified atom stereocenters. The van der Waals surface area contributed by atoms with Crippen LogP contribution in [0.15, 0.2) is 0 Å². The minimum absolute atomic E-state index is 0.0725.